The van der Waals surface area contributed by atoms with Gasteiger partial charge in [0, 0.05) is 63.7 Å². The summed E-state index contributed by atoms with van der Waals surface area (Å²) < 4.78 is 0. The van der Waals surface area contributed by atoms with Gasteiger partial charge >= 0.3 is 0 Å². The molecule has 2 aliphatic rings. The van der Waals surface area contributed by atoms with Crippen LogP contribution in [0.5, 0.6) is 0 Å². The van der Waals surface area contributed by atoms with Crippen LogP contribution in [0, 0.1) is 6.92 Å². The Morgan fingerprint density at radius 3 is 2.84 bits per heavy atom. The first kappa shape index (κ1) is 22.2. The number of aromatic nitrogens is 1. The lowest BCUT2D eigenvalue weighted by Gasteiger charge is -2.36. The molecule has 6 nitrogen and oxygen atoms in total. The number of anilines is 1. The first-order chi connectivity index (χ1) is 15.2. The first-order valence-corrected chi connectivity index (χ1v) is 11.9. The Hall–Kier alpha value is -1.99. The topological polar surface area (TPSA) is 69.5 Å². The Balaban J connectivity index is 1.46. The monoisotopic (exact) mass is 422 g/mol. The smallest absolute Gasteiger partial charge is 0.0573 e. The molecule has 1 atom stereocenters. The summed E-state index contributed by atoms with van der Waals surface area (Å²) in [7, 11) is 0. The molecule has 31 heavy (non-hydrogen) atoms. The molecule has 1 fully saturated rings. The maximum atomic E-state index is 5.76. The third kappa shape index (κ3) is 5.83. The van der Waals surface area contributed by atoms with Crippen molar-refractivity contribution in [1.82, 2.24) is 20.5 Å². The van der Waals surface area contributed by atoms with E-state index in [-0.39, 0.29) is 0 Å². The van der Waals surface area contributed by atoms with Crippen LogP contribution >= 0.6 is 0 Å². The van der Waals surface area contributed by atoms with Crippen LogP contribution in [0.4, 0.5) is 5.69 Å². The molecular weight excluding hydrogens is 384 g/mol. The van der Waals surface area contributed by atoms with Gasteiger partial charge in [-0.15, -0.1) is 0 Å². The number of hydrogen-bond donors (Lipinski definition) is 3. The number of pyridine rings is 1. The largest absolute Gasteiger partial charge is 0.369 e. The lowest BCUT2D eigenvalue weighted by Crippen LogP contribution is -2.47. The molecule has 2 aliphatic heterocycles. The van der Waals surface area contributed by atoms with Gasteiger partial charge < -0.3 is 21.3 Å². The number of unbranched alkanes of at least 4 members (excludes halogenated alkanes) is 1. The molecule has 0 radical (unpaired) electrons. The summed E-state index contributed by atoms with van der Waals surface area (Å²) in [5.74, 6) is 0. The fourth-order valence-electron chi connectivity index (χ4n) is 4.85. The third-order valence-electron chi connectivity index (χ3n) is 6.64. The summed E-state index contributed by atoms with van der Waals surface area (Å²) in [5.41, 5.74) is 12.7. The third-order valence-corrected chi connectivity index (χ3v) is 6.64. The van der Waals surface area contributed by atoms with Crippen molar-refractivity contribution in [2.45, 2.75) is 45.3 Å². The molecule has 0 bridgehead atoms. The van der Waals surface area contributed by atoms with Crippen LogP contribution in [0.15, 0.2) is 36.5 Å². The van der Waals surface area contributed by atoms with Crippen molar-refractivity contribution in [2.75, 3.05) is 50.7 Å². The molecule has 0 spiro atoms. The van der Waals surface area contributed by atoms with Crippen LogP contribution in [0.2, 0.25) is 0 Å². The molecule has 0 aliphatic carbocycles. The maximum absolute atomic E-state index is 5.76. The van der Waals surface area contributed by atoms with Gasteiger partial charge in [-0.1, -0.05) is 18.2 Å². The van der Waals surface area contributed by atoms with Crippen LogP contribution in [-0.2, 0) is 19.5 Å². The molecule has 0 amide bonds. The van der Waals surface area contributed by atoms with E-state index >= 15 is 0 Å². The molecule has 6 heteroatoms. The molecule has 1 unspecified atom stereocenters. The van der Waals surface area contributed by atoms with E-state index in [1.54, 1.807) is 5.56 Å². The van der Waals surface area contributed by atoms with Crippen molar-refractivity contribution >= 4 is 5.69 Å². The SMILES string of the molecule is Cc1cccnc1CN(CCCCN)CC1Cc2c(cccc2N2CCNCC2)CN1. The summed E-state index contributed by atoms with van der Waals surface area (Å²) in [6.07, 6.45) is 5.21. The van der Waals surface area contributed by atoms with Gasteiger partial charge in [-0.3, -0.25) is 9.88 Å². The predicted molar refractivity (Wildman–Crippen MR) is 128 cm³/mol. The zero-order valence-electron chi connectivity index (χ0n) is 18.9. The molecule has 2 aromatic rings. The zero-order chi connectivity index (χ0) is 21.5. The lowest BCUT2D eigenvalue weighted by atomic mass is 9.93. The summed E-state index contributed by atoms with van der Waals surface area (Å²) in [6, 6.07) is 11.5. The van der Waals surface area contributed by atoms with E-state index < -0.39 is 0 Å². The van der Waals surface area contributed by atoms with Gasteiger partial charge in [0.1, 0.15) is 0 Å². The first-order valence-electron chi connectivity index (χ1n) is 11.9. The minimum Gasteiger partial charge on any atom is -0.369 e. The maximum Gasteiger partial charge on any atom is 0.0573 e. The van der Waals surface area contributed by atoms with Crippen LogP contribution in [-0.4, -0.2) is 61.7 Å². The standard InChI is InChI=1S/C25H38N6/c1-20-6-5-10-28-24(20)19-30(13-3-2-9-26)18-22-16-23-21(17-29-22)7-4-8-25(23)31-14-11-27-12-15-31/h4-8,10,22,27,29H,2-3,9,11-19,26H2,1H3. The van der Waals surface area contributed by atoms with Crippen LogP contribution < -0.4 is 21.3 Å². The Bertz CT molecular complexity index is 833. The van der Waals surface area contributed by atoms with Crippen molar-refractivity contribution in [2.24, 2.45) is 5.73 Å². The van der Waals surface area contributed by atoms with Gasteiger partial charge in [0.25, 0.3) is 0 Å². The second-order valence-electron chi connectivity index (χ2n) is 8.93. The minimum atomic E-state index is 0.457. The number of hydrogen-bond acceptors (Lipinski definition) is 6. The van der Waals surface area contributed by atoms with Crippen molar-refractivity contribution in [3.05, 3.63) is 58.9 Å². The molecule has 3 heterocycles. The average molecular weight is 423 g/mol. The van der Waals surface area contributed by atoms with Crippen molar-refractivity contribution in [3.63, 3.8) is 0 Å². The van der Waals surface area contributed by atoms with Gasteiger partial charge in [-0.25, -0.2) is 0 Å². The number of benzene rings is 1. The van der Waals surface area contributed by atoms with Gasteiger partial charge in [-0.2, -0.15) is 0 Å². The average Bonchev–Trinajstić information content (AvgIpc) is 2.81. The zero-order valence-corrected chi connectivity index (χ0v) is 18.9. The summed E-state index contributed by atoms with van der Waals surface area (Å²) in [6.45, 7) is 11.2. The van der Waals surface area contributed by atoms with Gasteiger partial charge in [0.05, 0.1) is 5.69 Å². The van der Waals surface area contributed by atoms with Crippen LogP contribution in [0.1, 0.15) is 35.2 Å². The molecular formula is C25H38N6. The minimum absolute atomic E-state index is 0.457. The Morgan fingerprint density at radius 1 is 1.16 bits per heavy atom. The fraction of sp³-hybridized carbons (Fsp3) is 0.560. The van der Waals surface area contributed by atoms with Crippen molar-refractivity contribution < 1.29 is 0 Å². The normalized spacial score (nSPS) is 18.9. The Kier molecular flexibility index (Phi) is 7.92. The van der Waals surface area contributed by atoms with E-state index in [0.29, 0.717) is 6.04 Å². The van der Waals surface area contributed by atoms with E-state index in [1.807, 2.05) is 12.3 Å². The Labute approximate surface area is 187 Å². The molecule has 4 rings (SSSR count). The quantitative estimate of drug-likeness (QED) is 0.538. The van der Waals surface area contributed by atoms with E-state index in [0.717, 1.165) is 78.2 Å². The molecule has 1 aromatic carbocycles. The predicted octanol–water partition coefficient (Wildman–Crippen LogP) is 2.06. The van der Waals surface area contributed by atoms with Crippen LogP contribution in [0.25, 0.3) is 0 Å². The highest BCUT2D eigenvalue weighted by Gasteiger charge is 2.25. The fourth-order valence-corrected chi connectivity index (χ4v) is 4.85. The highest BCUT2D eigenvalue weighted by molar-refractivity contribution is 5.58. The van der Waals surface area contributed by atoms with E-state index in [2.05, 4.69) is 56.6 Å². The number of fused-ring (bicyclic) bond motifs is 1. The van der Waals surface area contributed by atoms with Crippen molar-refractivity contribution in [1.29, 1.82) is 0 Å². The van der Waals surface area contributed by atoms with Crippen LogP contribution in [0.3, 0.4) is 0 Å². The second kappa shape index (κ2) is 11.0. The number of nitrogens with one attached hydrogen (secondary N) is 2. The second-order valence-corrected chi connectivity index (χ2v) is 8.93. The molecule has 0 saturated carbocycles. The van der Waals surface area contributed by atoms with Crippen molar-refractivity contribution in [3.8, 4) is 0 Å². The number of aryl methyl sites for hydroxylation is 1. The summed E-state index contributed by atoms with van der Waals surface area (Å²) in [5, 5.41) is 7.29. The van der Waals surface area contributed by atoms with E-state index in [1.165, 1.54) is 22.5 Å². The Morgan fingerprint density at radius 2 is 2.03 bits per heavy atom. The van der Waals surface area contributed by atoms with Gasteiger partial charge in [-0.05, 0) is 68.1 Å². The highest BCUT2D eigenvalue weighted by atomic mass is 15.2. The number of rotatable bonds is 9. The van der Waals surface area contributed by atoms with Gasteiger partial charge in [0.2, 0.25) is 0 Å². The number of nitrogens with two attached hydrogens (primary N) is 1. The number of nitrogens with zero attached hydrogens (tertiary/aromatic N) is 3. The number of piperazine rings is 1. The lowest BCUT2D eigenvalue weighted by molar-refractivity contribution is 0.222. The molecule has 168 valence electrons. The van der Waals surface area contributed by atoms with Gasteiger partial charge in [0.15, 0.2) is 0 Å². The summed E-state index contributed by atoms with van der Waals surface area (Å²) >= 11 is 0. The highest BCUT2D eigenvalue weighted by Crippen LogP contribution is 2.29. The summed E-state index contributed by atoms with van der Waals surface area (Å²) in [4.78, 5) is 9.79. The van der Waals surface area contributed by atoms with E-state index in [9.17, 15) is 0 Å². The van der Waals surface area contributed by atoms with E-state index in [4.69, 9.17) is 5.73 Å². The molecule has 1 saturated heterocycles. The molecule has 4 N–H and O–H groups in total. The molecule has 1 aromatic heterocycles.